The Morgan fingerprint density at radius 2 is 1.60 bits per heavy atom. The van der Waals surface area contributed by atoms with Crippen LogP contribution in [0.1, 0.15) is 28.4 Å². The third-order valence-electron chi connectivity index (χ3n) is 4.31. The average molecular weight is 418 g/mol. The molecule has 0 aromatic heterocycles. The highest BCUT2D eigenvalue weighted by atomic mass is 32.2. The first kappa shape index (κ1) is 21.3. The summed E-state index contributed by atoms with van der Waals surface area (Å²) in [5.41, 5.74) is 6.49. The van der Waals surface area contributed by atoms with Gasteiger partial charge in [0.2, 0.25) is 5.91 Å². The van der Waals surface area contributed by atoms with Gasteiger partial charge in [0.1, 0.15) is 0 Å². The third-order valence-corrected chi connectivity index (χ3v) is 5.33. The number of carbonyl (C=O) groups is 2. The largest absolute Gasteiger partial charge is 0.322 e. The normalized spacial score (nSPS) is 11.1. The van der Waals surface area contributed by atoms with E-state index in [1.54, 1.807) is 12.1 Å². The van der Waals surface area contributed by atoms with Crippen molar-refractivity contribution in [3.63, 3.8) is 0 Å². The fourth-order valence-corrected chi connectivity index (χ4v) is 3.33. The van der Waals surface area contributed by atoms with Gasteiger partial charge in [0.05, 0.1) is 11.5 Å². The predicted molar refractivity (Wildman–Crippen MR) is 123 cm³/mol. The van der Waals surface area contributed by atoms with Gasteiger partial charge in [0.25, 0.3) is 5.91 Å². The van der Waals surface area contributed by atoms with E-state index in [4.69, 9.17) is 0 Å². The molecule has 3 aromatic carbocycles. The van der Waals surface area contributed by atoms with E-state index in [9.17, 15) is 9.59 Å². The third kappa shape index (κ3) is 6.32. The Bertz CT molecular complexity index is 1050. The van der Waals surface area contributed by atoms with Gasteiger partial charge in [-0.05, 0) is 55.8 Å². The first-order chi connectivity index (χ1) is 14.5. The molecule has 0 aliphatic carbocycles. The lowest BCUT2D eigenvalue weighted by Crippen LogP contribution is -2.21. The zero-order chi connectivity index (χ0) is 21.3. The molecule has 0 fully saturated rings. The fraction of sp³-hybridized carbons (Fsp3) is 0.125. The van der Waals surface area contributed by atoms with Crippen LogP contribution in [0.4, 0.5) is 5.69 Å². The van der Waals surface area contributed by atoms with Crippen LogP contribution in [-0.4, -0.2) is 23.3 Å². The Hall–Kier alpha value is -3.38. The van der Waals surface area contributed by atoms with Gasteiger partial charge >= 0.3 is 0 Å². The SMILES string of the molecule is C/C(=N/NC(=O)CSc1ccc(C)cc1)c1cccc(NC(=O)c2ccccc2)c1. The molecule has 2 amide bonds. The minimum Gasteiger partial charge on any atom is -0.322 e. The van der Waals surface area contributed by atoms with E-state index in [-0.39, 0.29) is 17.6 Å². The highest BCUT2D eigenvalue weighted by Gasteiger charge is 2.07. The summed E-state index contributed by atoms with van der Waals surface area (Å²) in [5, 5.41) is 7.07. The molecule has 5 nitrogen and oxygen atoms in total. The lowest BCUT2D eigenvalue weighted by Gasteiger charge is -2.08. The first-order valence-corrected chi connectivity index (χ1v) is 10.5. The maximum Gasteiger partial charge on any atom is 0.255 e. The molecule has 0 spiro atoms. The molecule has 0 aliphatic heterocycles. The summed E-state index contributed by atoms with van der Waals surface area (Å²) in [6.07, 6.45) is 0. The molecule has 0 saturated carbocycles. The number of hydrogen-bond acceptors (Lipinski definition) is 4. The maximum atomic E-state index is 12.3. The van der Waals surface area contributed by atoms with E-state index < -0.39 is 0 Å². The average Bonchev–Trinajstić information content (AvgIpc) is 2.78. The molecule has 0 bridgehead atoms. The van der Waals surface area contributed by atoms with Gasteiger partial charge in [0.15, 0.2) is 0 Å². The second-order valence-corrected chi connectivity index (χ2v) is 7.78. The van der Waals surface area contributed by atoms with Crippen molar-refractivity contribution in [1.82, 2.24) is 5.43 Å². The van der Waals surface area contributed by atoms with Crippen molar-refractivity contribution < 1.29 is 9.59 Å². The summed E-state index contributed by atoms with van der Waals surface area (Å²) in [5.74, 6) is -0.0650. The Morgan fingerprint density at radius 3 is 2.33 bits per heavy atom. The summed E-state index contributed by atoms with van der Waals surface area (Å²) in [6.45, 7) is 3.84. The van der Waals surface area contributed by atoms with Crippen LogP contribution in [0.15, 0.2) is 88.9 Å². The van der Waals surface area contributed by atoms with Crippen molar-refractivity contribution in [1.29, 1.82) is 0 Å². The highest BCUT2D eigenvalue weighted by Crippen LogP contribution is 2.18. The molecule has 0 saturated heterocycles. The molecule has 3 rings (SSSR count). The minimum atomic E-state index is -0.177. The Morgan fingerprint density at radius 1 is 0.900 bits per heavy atom. The van der Waals surface area contributed by atoms with Crippen molar-refractivity contribution in [2.24, 2.45) is 5.10 Å². The molecule has 6 heteroatoms. The van der Waals surface area contributed by atoms with Crippen LogP contribution in [0, 0.1) is 6.92 Å². The van der Waals surface area contributed by atoms with Gasteiger partial charge in [0, 0.05) is 16.1 Å². The summed E-state index contributed by atoms with van der Waals surface area (Å²) >= 11 is 1.46. The number of nitrogens with one attached hydrogen (secondary N) is 2. The smallest absolute Gasteiger partial charge is 0.255 e. The second-order valence-electron chi connectivity index (χ2n) is 6.73. The van der Waals surface area contributed by atoms with Gasteiger partial charge in [-0.3, -0.25) is 9.59 Å². The van der Waals surface area contributed by atoms with Crippen LogP contribution in [0.25, 0.3) is 0 Å². The van der Waals surface area contributed by atoms with E-state index in [1.807, 2.05) is 80.6 Å². The number of benzene rings is 3. The molecule has 3 aromatic rings. The predicted octanol–water partition coefficient (Wildman–Crippen LogP) is 4.88. The molecule has 0 radical (unpaired) electrons. The fourth-order valence-electron chi connectivity index (χ4n) is 2.64. The maximum absolute atomic E-state index is 12.3. The van der Waals surface area contributed by atoms with Gasteiger partial charge < -0.3 is 5.32 Å². The highest BCUT2D eigenvalue weighted by molar-refractivity contribution is 8.00. The molecule has 0 aliphatic rings. The van der Waals surface area contributed by atoms with E-state index in [1.165, 1.54) is 17.3 Å². The van der Waals surface area contributed by atoms with Crippen molar-refractivity contribution >= 4 is 35.0 Å². The Kier molecular flexibility index (Phi) is 7.40. The molecular formula is C24H23N3O2S. The summed E-state index contributed by atoms with van der Waals surface area (Å²) in [7, 11) is 0. The van der Waals surface area contributed by atoms with E-state index in [0.717, 1.165) is 10.5 Å². The van der Waals surface area contributed by atoms with E-state index in [0.29, 0.717) is 17.0 Å². The Labute approximate surface area is 180 Å². The molecule has 30 heavy (non-hydrogen) atoms. The van der Waals surface area contributed by atoms with E-state index >= 15 is 0 Å². The van der Waals surface area contributed by atoms with Crippen molar-refractivity contribution in [3.8, 4) is 0 Å². The Balaban J connectivity index is 1.56. The molecule has 0 atom stereocenters. The monoisotopic (exact) mass is 417 g/mol. The number of hydrazone groups is 1. The topological polar surface area (TPSA) is 70.6 Å². The number of amides is 2. The van der Waals surface area contributed by atoms with Crippen LogP contribution >= 0.6 is 11.8 Å². The van der Waals surface area contributed by atoms with Gasteiger partial charge in [-0.15, -0.1) is 11.8 Å². The van der Waals surface area contributed by atoms with Crippen molar-refractivity contribution in [3.05, 3.63) is 95.6 Å². The first-order valence-electron chi connectivity index (χ1n) is 9.51. The van der Waals surface area contributed by atoms with Crippen molar-refractivity contribution in [2.75, 3.05) is 11.1 Å². The molecule has 0 unspecified atom stereocenters. The number of hydrogen-bond donors (Lipinski definition) is 2. The van der Waals surface area contributed by atoms with Gasteiger partial charge in [-0.2, -0.15) is 5.10 Å². The summed E-state index contributed by atoms with van der Waals surface area (Å²) in [6, 6.07) is 24.4. The number of carbonyl (C=O) groups excluding carboxylic acids is 2. The van der Waals surface area contributed by atoms with Crippen LogP contribution < -0.4 is 10.7 Å². The molecule has 152 valence electrons. The van der Waals surface area contributed by atoms with Crippen LogP contribution in [-0.2, 0) is 4.79 Å². The zero-order valence-corrected chi connectivity index (χ0v) is 17.7. The number of aryl methyl sites for hydroxylation is 1. The van der Waals surface area contributed by atoms with E-state index in [2.05, 4.69) is 15.8 Å². The standard InChI is InChI=1S/C24H23N3O2S/c1-17-11-13-22(14-12-17)30-16-23(28)27-26-18(2)20-9-6-10-21(15-20)25-24(29)19-7-4-3-5-8-19/h3-15H,16H2,1-2H3,(H,25,29)(H,27,28)/b26-18-. The lowest BCUT2D eigenvalue weighted by molar-refractivity contribution is -0.118. The van der Waals surface area contributed by atoms with Gasteiger partial charge in [-0.1, -0.05) is 48.0 Å². The molecule has 2 N–H and O–H groups in total. The quantitative estimate of drug-likeness (QED) is 0.327. The number of nitrogens with zero attached hydrogens (tertiary/aromatic N) is 1. The van der Waals surface area contributed by atoms with Crippen LogP contribution in [0.5, 0.6) is 0 Å². The van der Waals surface area contributed by atoms with Crippen molar-refractivity contribution in [2.45, 2.75) is 18.7 Å². The number of anilines is 1. The lowest BCUT2D eigenvalue weighted by atomic mass is 10.1. The number of rotatable bonds is 7. The summed E-state index contributed by atoms with van der Waals surface area (Å²) < 4.78 is 0. The zero-order valence-electron chi connectivity index (χ0n) is 16.9. The van der Waals surface area contributed by atoms with Crippen LogP contribution in [0.2, 0.25) is 0 Å². The molecule has 0 heterocycles. The van der Waals surface area contributed by atoms with Crippen LogP contribution in [0.3, 0.4) is 0 Å². The molecular weight excluding hydrogens is 394 g/mol. The summed E-state index contributed by atoms with van der Waals surface area (Å²) in [4.78, 5) is 25.4. The minimum absolute atomic E-state index is 0.173. The second kappa shape index (κ2) is 10.4. The number of thioether (sulfide) groups is 1. The van der Waals surface area contributed by atoms with Gasteiger partial charge in [-0.25, -0.2) is 5.43 Å².